The molecule has 4 N–H and O–H groups in total. The first-order chi connectivity index (χ1) is 11.6. The molecule has 2 aromatic carbocycles. The highest BCUT2D eigenvalue weighted by Crippen LogP contribution is 2.18. The van der Waals surface area contributed by atoms with Gasteiger partial charge in [-0.2, -0.15) is 0 Å². The van der Waals surface area contributed by atoms with E-state index < -0.39 is 0 Å². The highest BCUT2D eigenvalue weighted by molar-refractivity contribution is 7.80. The number of nitrogen functional groups attached to an aromatic ring is 1. The fourth-order valence-electron chi connectivity index (χ4n) is 2.17. The monoisotopic (exact) mass is 341 g/mol. The number of thiocarbonyl (C=S) groups is 1. The summed E-state index contributed by atoms with van der Waals surface area (Å²) in [6.45, 7) is 0.478. The first-order valence-electron chi connectivity index (χ1n) is 7.31. The number of hydrogen-bond donors (Lipinski definition) is 3. The van der Waals surface area contributed by atoms with Crippen molar-refractivity contribution in [1.29, 1.82) is 0 Å². The van der Waals surface area contributed by atoms with Gasteiger partial charge in [0.25, 0.3) is 0 Å². The van der Waals surface area contributed by atoms with Crippen molar-refractivity contribution in [1.82, 2.24) is 15.0 Å². The second-order valence-corrected chi connectivity index (χ2v) is 5.55. The zero-order valence-corrected chi connectivity index (χ0v) is 13.6. The smallest absolute Gasteiger partial charge is 0.220 e. The average molecular weight is 341 g/mol. The van der Waals surface area contributed by atoms with Gasteiger partial charge in [-0.1, -0.05) is 42.5 Å². The SMILES string of the molecule is Nc1nc(-c2ccccc2)cn1NC(=S)NCc1ccc(F)cc1. The van der Waals surface area contributed by atoms with Gasteiger partial charge in [0.2, 0.25) is 5.95 Å². The van der Waals surface area contributed by atoms with E-state index in [9.17, 15) is 4.39 Å². The molecule has 122 valence electrons. The van der Waals surface area contributed by atoms with Gasteiger partial charge in [-0.25, -0.2) is 14.1 Å². The number of anilines is 1. The molecule has 1 aromatic heterocycles. The van der Waals surface area contributed by atoms with Crippen LogP contribution in [0.3, 0.4) is 0 Å². The lowest BCUT2D eigenvalue weighted by atomic mass is 10.2. The first kappa shape index (κ1) is 15.9. The number of halogens is 1. The summed E-state index contributed by atoms with van der Waals surface area (Å²) in [5, 5.41) is 3.43. The van der Waals surface area contributed by atoms with Crippen LogP contribution in [0.4, 0.5) is 10.3 Å². The minimum Gasteiger partial charge on any atom is -0.368 e. The number of rotatable bonds is 4. The number of benzene rings is 2. The van der Waals surface area contributed by atoms with Crippen molar-refractivity contribution in [2.45, 2.75) is 6.54 Å². The van der Waals surface area contributed by atoms with Crippen LogP contribution < -0.4 is 16.5 Å². The topological polar surface area (TPSA) is 67.9 Å². The molecule has 0 aliphatic heterocycles. The largest absolute Gasteiger partial charge is 0.368 e. The molecule has 3 aromatic rings. The molecule has 0 bridgehead atoms. The molecule has 7 heteroatoms. The van der Waals surface area contributed by atoms with E-state index in [0.29, 0.717) is 17.6 Å². The van der Waals surface area contributed by atoms with Crippen molar-refractivity contribution in [2.75, 3.05) is 11.2 Å². The van der Waals surface area contributed by atoms with Gasteiger partial charge in [0.1, 0.15) is 5.82 Å². The van der Waals surface area contributed by atoms with Crippen LogP contribution in [0.5, 0.6) is 0 Å². The standard InChI is InChI=1S/C17H16FN5S/c18-14-8-6-12(7-9-14)10-20-17(24)22-23-11-15(21-16(23)19)13-4-2-1-3-5-13/h1-9,11H,10H2,(H2,19,21)(H2,20,22,24). The van der Waals surface area contributed by atoms with Gasteiger partial charge < -0.3 is 11.1 Å². The summed E-state index contributed by atoms with van der Waals surface area (Å²) in [5.41, 5.74) is 11.5. The van der Waals surface area contributed by atoms with E-state index in [2.05, 4.69) is 15.7 Å². The molecule has 0 saturated heterocycles. The minimum atomic E-state index is -0.265. The molecule has 0 radical (unpaired) electrons. The fourth-order valence-corrected chi connectivity index (χ4v) is 2.34. The summed E-state index contributed by atoms with van der Waals surface area (Å²) in [7, 11) is 0. The summed E-state index contributed by atoms with van der Waals surface area (Å²) in [6.07, 6.45) is 1.77. The Bertz CT molecular complexity index is 830. The molecule has 5 nitrogen and oxygen atoms in total. The van der Waals surface area contributed by atoms with E-state index in [-0.39, 0.29) is 5.82 Å². The van der Waals surface area contributed by atoms with Gasteiger partial charge >= 0.3 is 0 Å². The molecule has 0 aliphatic rings. The van der Waals surface area contributed by atoms with Gasteiger partial charge in [-0.05, 0) is 29.9 Å². The van der Waals surface area contributed by atoms with Crippen LogP contribution in [-0.2, 0) is 6.54 Å². The van der Waals surface area contributed by atoms with E-state index in [1.807, 2.05) is 30.3 Å². The molecule has 0 amide bonds. The molecule has 0 aliphatic carbocycles. The van der Waals surface area contributed by atoms with Gasteiger partial charge in [-0.15, -0.1) is 0 Å². The van der Waals surface area contributed by atoms with Crippen molar-refractivity contribution in [3.8, 4) is 11.3 Å². The zero-order chi connectivity index (χ0) is 16.9. The maximum absolute atomic E-state index is 12.9. The van der Waals surface area contributed by atoms with Gasteiger partial charge in [0, 0.05) is 12.1 Å². The van der Waals surface area contributed by atoms with Crippen LogP contribution in [0.2, 0.25) is 0 Å². The summed E-state index contributed by atoms with van der Waals surface area (Å²) in [4.78, 5) is 4.31. The van der Waals surface area contributed by atoms with Crippen molar-refractivity contribution in [3.05, 3.63) is 72.2 Å². The Morgan fingerprint density at radius 1 is 1.12 bits per heavy atom. The molecule has 1 heterocycles. The van der Waals surface area contributed by atoms with Crippen molar-refractivity contribution in [2.24, 2.45) is 0 Å². The average Bonchev–Trinajstić information content (AvgIpc) is 2.96. The van der Waals surface area contributed by atoms with Crippen molar-refractivity contribution in [3.63, 3.8) is 0 Å². The van der Waals surface area contributed by atoms with E-state index in [1.54, 1.807) is 23.0 Å². The first-order valence-corrected chi connectivity index (χ1v) is 7.72. The Morgan fingerprint density at radius 3 is 2.54 bits per heavy atom. The Hall–Kier alpha value is -2.93. The Kier molecular flexibility index (Phi) is 4.72. The Morgan fingerprint density at radius 2 is 1.83 bits per heavy atom. The maximum Gasteiger partial charge on any atom is 0.220 e. The third-order valence-corrected chi connectivity index (χ3v) is 3.63. The molecule has 0 saturated carbocycles. The summed E-state index contributed by atoms with van der Waals surface area (Å²) in [6, 6.07) is 15.9. The lowest BCUT2D eigenvalue weighted by Crippen LogP contribution is -2.33. The molecular formula is C17H16FN5S. The summed E-state index contributed by atoms with van der Waals surface area (Å²) >= 11 is 5.25. The van der Waals surface area contributed by atoms with Crippen molar-refractivity contribution >= 4 is 23.3 Å². The minimum absolute atomic E-state index is 0.265. The Balaban J connectivity index is 1.62. The number of nitrogens with zero attached hydrogens (tertiary/aromatic N) is 2. The normalized spacial score (nSPS) is 10.4. The quantitative estimate of drug-likeness (QED) is 0.637. The third-order valence-electron chi connectivity index (χ3n) is 3.39. The third kappa shape index (κ3) is 3.88. The van der Waals surface area contributed by atoms with Crippen LogP contribution in [0.1, 0.15) is 5.56 Å². The molecule has 0 spiro atoms. The number of imidazole rings is 1. The number of aromatic nitrogens is 2. The van der Waals surface area contributed by atoms with Crippen LogP contribution in [0.25, 0.3) is 11.3 Å². The molecule has 0 atom stereocenters. The van der Waals surface area contributed by atoms with E-state index in [4.69, 9.17) is 18.0 Å². The molecule has 0 unspecified atom stereocenters. The van der Waals surface area contributed by atoms with E-state index in [0.717, 1.165) is 16.8 Å². The lowest BCUT2D eigenvalue weighted by Gasteiger charge is -2.11. The van der Waals surface area contributed by atoms with Crippen LogP contribution in [0, 0.1) is 5.82 Å². The highest BCUT2D eigenvalue weighted by Gasteiger charge is 2.07. The molecule has 0 fully saturated rings. The second kappa shape index (κ2) is 7.10. The number of hydrogen-bond acceptors (Lipinski definition) is 3. The Labute approximate surface area is 144 Å². The van der Waals surface area contributed by atoms with Gasteiger partial charge in [0.15, 0.2) is 5.11 Å². The van der Waals surface area contributed by atoms with Crippen LogP contribution in [0.15, 0.2) is 60.8 Å². The van der Waals surface area contributed by atoms with Crippen molar-refractivity contribution < 1.29 is 4.39 Å². The molecule has 3 rings (SSSR count). The predicted octanol–water partition coefficient (Wildman–Crippen LogP) is 2.89. The zero-order valence-electron chi connectivity index (χ0n) is 12.7. The van der Waals surface area contributed by atoms with E-state index in [1.165, 1.54) is 12.1 Å². The summed E-state index contributed by atoms with van der Waals surface area (Å²) in [5.74, 6) is 0.0406. The second-order valence-electron chi connectivity index (χ2n) is 5.14. The van der Waals surface area contributed by atoms with Crippen LogP contribution >= 0.6 is 12.2 Å². The lowest BCUT2D eigenvalue weighted by molar-refractivity contribution is 0.626. The number of nitrogens with one attached hydrogen (secondary N) is 2. The number of nitrogens with two attached hydrogens (primary N) is 1. The maximum atomic E-state index is 12.9. The fraction of sp³-hybridized carbons (Fsp3) is 0.0588. The highest BCUT2D eigenvalue weighted by atomic mass is 32.1. The molecular weight excluding hydrogens is 325 g/mol. The van der Waals surface area contributed by atoms with Gasteiger partial charge in [-0.3, -0.25) is 5.43 Å². The summed E-state index contributed by atoms with van der Waals surface area (Å²) < 4.78 is 14.4. The van der Waals surface area contributed by atoms with Crippen LogP contribution in [-0.4, -0.2) is 14.8 Å². The van der Waals surface area contributed by atoms with E-state index >= 15 is 0 Å². The predicted molar refractivity (Wildman–Crippen MR) is 97.3 cm³/mol. The molecule has 24 heavy (non-hydrogen) atoms. The van der Waals surface area contributed by atoms with Gasteiger partial charge in [0.05, 0.1) is 11.9 Å².